The number of hydrogen-bond donors (Lipinski definition) is 1. The van der Waals surface area contributed by atoms with E-state index in [4.69, 9.17) is 5.11 Å². The van der Waals surface area contributed by atoms with Crippen molar-refractivity contribution in [3.8, 4) is 0 Å². The van der Waals surface area contributed by atoms with Gasteiger partial charge in [0, 0.05) is 0 Å². The van der Waals surface area contributed by atoms with Crippen LogP contribution in [-0.2, 0) is 0 Å². The van der Waals surface area contributed by atoms with Crippen LogP contribution < -0.4 is 0 Å². The number of unbranched alkanes of at least 4 members (excludes halogenated alkanes) is 4. The van der Waals surface area contributed by atoms with Crippen LogP contribution in [0.2, 0.25) is 0 Å². The highest BCUT2D eigenvalue weighted by Gasteiger charge is 1.81. The van der Waals surface area contributed by atoms with Crippen LogP contribution in [0.3, 0.4) is 0 Å². The first-order valence-corrected chi connectivity index (χ1v) is 5.43. The molecule has 1 heteroatoms. The number of hydrogen-bond acceptors (Lipinski definition) is 1. The molecule has 0 aliphatic rings. The van der Waals surface area contributed by atoms with Crippen molar-refractivity contribution in [3.63, 3.8) is 0 Å². The van der Waals surface area contributed by atoms with Gasteiger partial charge in [0.1, 0.15) is 0 Å². The second-order valence-electron chi connectivity index (χ2n) is 3.28. The molecule has 0 saturated heterocycles. The molecule has 0 heterocycles. The van der Waals surface area contributed by atoms with E-state index >= 15 is 0 Å². The average Bonchev–Trinajstić information content (AvgIpc) is 2.21. The molecule has 80 valence electrons. The molecule has 1 nitrogen and oxygen atoms in total. The fourth-order valence-electron chi connectivity index (χ4n) is 1.16. The minimum absolute atomic E-state index is 0.164. The van der Waals surface area contributed by atoms with Crippen LogP contribution in [-0.4, -0.2) is 11.7 Å². The minimum atomic E-state index is 0.164. The van der Waals surface area contributed by atoms with Gasteiger partial charge in [-0.1, -0.05) is 30.4 Å². The van der Waals surface area contributed by atoms with E-state index in [0.29, 0.717) is 0 Å². The van der Waals surface area contributed by atoms with Crippen molar-refractivity contribution < 1.29 is 5.11 Å². The van der Waals surface area contributed by atoms with Crippen molar-refractivity contribution in [1.29, 1.82) is 0 Å². The Morgan fingerprint density at radius 3 is 1.79 bits per heavy atom. The zero-order valence-corrected chi connectivity index (χ0v) is 8.99. The van der Waals surface area contributed by atoms with Crippen molar-refractivity contribution in [1.82, 2.24) is 0 Å². The molecule has 0 radical (unpaired) electrons. The molecule has 0 aliphatic heterocycles. The lowest BCUT2D eigenvalue weighted by atomic mass is 10.2. The maximum Gasteiger partial charge on any atom is 0.0612 e. The molecule has 0 aromatic heterocycles. The molecule has 0 aromatic rings. The fraction of sp³-hybridized carbons (Fsp3) is 0.538. The van der Waals surface area contributed by atoms with E-state index in [-0.39, 0.29) is 6.61 Å². The normalized spacial score (nSPS) is 11.5. The first-order chi connectivity index (χ1) is 6.91. The number of aliphatic hydroxyl groups excluding tert-OH is 1. The Morgan fingerprint density at radius 1 is 0.786 bits per heavy atom. The van der Waals surface area contributed by atoms with Gasteiger partial charge in [-0.05, 0) is 38.5 Å². The van der Waals surface area contributed by atoms with Gasteiger partial charge >= 0.3 is 0 Å². The number of allylic oxidation sites excluding steroid dienone is 4. The Morgan fingerprint density at radius 2 is 1.29 bits per heavy atom. The SMILES string of the molecule is C=CCCC/C=C/CCC/C=C/CO. The van der Waals surface area contributed by atoms with Crippen LogP contribution in [0.15, 0.2) is 37.0 Å². The van der Waals surface area contributed by atoms with Gasteiger partial charge in [0.05, 0.1) is 6.61 Å². The van der Waals surface area contributed by atoms with Gasteiger partial charge in [-0.25, -0.2) is 0 Å². The molecule has 0 aromatic carbocycles. The van der Waals surface area contributed by atoms with Crippen LogP contribution in [0.5, 0.6) is 0 Å². The Bertz CT molecular complexity index is 168. The zero-order chi connectivity index (χ0) is 10.5. The predicted molar refractivity (Wildman–Crippen MR) is 63.3 cm³/mol. The van der Waals surface area contributed by atoms with Gasteiger partial charge in [0.2, 0.25) is 0 Å². The smallest absolute Gasteiger partial charge is 0.0612 e. The predicted octanol–water partition coefficient (Wildman–Crippen LogP) is 3.62. The van der Waals surface area contributed by atoms with Crippen LogP contribution in [0, 0.1) is 0 Å². The van der Waals surface area contributed by atoms with Crippen molar-refractivity contribution >= 4 is 0 Å². The third-order valence-corrected chi connectivity index (χ3v) is 1.96. The summed E-state index contributed by atoms with van der Waals surface area (Å²) in [4.78, 5) is 0. The summed E-state index contributed by atoms with van der Waals surface area (Å²) in [7, 11) is 0. The lowest BCUT2D eigenvalue weighted by Crippen LogP contribution is -1.73. The molecule has 0 saturated carbocycles. The van der Waals surface area contributed by atoms with Crippen LogP contribution >= 0.6 is 0 Å². The zero-order valence-electron chi connectivity index (χ0n) is 8.99. The van der Waals surface area contributed by atoms with Gasteiger partial charge in [-0.3, -0.25) is 0 Å². The van der Waals surface area contributed by atoms with Crippen LogP contribution in [0.1, 0.15) is 38.5 Å². The molecule has 0 fully saturated rings. The molecular weight excluding hydrogens is 172 g/mol. The maximum atomic E-state index is 8.48. The Kier molecular flexibility index (Phi) is 11.5. The molecule has 1 N–H and O–H groups in total. The summed E-state index contributed by atoms with van der Waals surface area (Å²) in [5, 5.41) is 8.48. The molecule has 0 bridgehead atoms. The lowest BCUT2D eigenvalue weighted by molar-refractivity contribution is 0.342. The largest absolute Gasteiger partial charge is 0.392 e. The third kappa shape index (κ3) is 11.2. The van der Waals surface area contributed by atoms with E-state index in [9.17, 15) is 0 Å². The quantitative estimate of drug-likeness (QED) is 0.439. The Balaban J connectivity index is 3.10. The highest BCUT2D eigenvalue weighted by atomic mass is 16.2. The molecule has 0 spiro atoms. The standard InChI is InChI=1S/C13H22O/c1-2-3-4-5-6-7-8-9-10-11-12-13-14/h2,6-7,11-12,14H,1,3-5,8-10,13H2/b7-6+,12-11+. The maximum absolute atomic E-state index is 8.48. The Labute approximate surface area is 87.8 Å². The van der Waals surface area contributed by atoms with Gasteiger partial charge in [0.25, 0.3) is 0 Å². The third-order valence-electron chi connectivity index (χ3n) is 1.96. The first kappa shape index (κ1) is 13.2. The van der Waals surface area contributed by atoms with Crippen molar-refractivity contribution in [2.24, 2.45) is 0 Å². The molecule has 14 heavy (non-hydrogen) atoms. The van der Waals surface area contributed by atoms with Gasteiger partial charge in [-0.2, -0.15) is 0 Å². The monoisotopic (exact) mass is 194 g/mol. The summed E-state index contributed by atoms with van der Waals surface area (Å²) >= 11 is 0. The van der Waals surface area contributed by atoms with E-state index in [1.54, 1.807) is 6.08 Å². The van der Waals surface area contributed by atoms with E-state index in [1.165, 1.54) is 19.3 Å². The summed E-state index contributed by atoms with van der Waals surface area (Å²) in [6, 6.07) is 0. The van der Waals surface area contributed by atoms with E-state index in [1.807, 2.05) is 12.2 Å². The van der Waals surface area contributed by atoms with Gasteiger partial charge in [0.15, 0.2) is 0 Å². The highest BCUT2D eigenvalue weighted by Crippen LogP contribution is 2.01. The second kappa shape index (κ2) is 12.2. The molecule has 0 atom stereocenters. The summed E-state index contributed by atoms with van der Waals surface area (Å²) in [6.07, 6.45) is 17.2. The van der Waals surface area contributed by atoms with Gasteiger partial charge in [-0.15, -0.1) is 6.58 Å². The van der Waals surface area contributed by atoms with Crippen molar-refractivity contribution in [3.05, 3.63) is 37.0 Å². The summed E-state index contributed by atoms with van der Waals surface area (Å²) in [6.45, 7) is 3.85. The topological polar surface area (TPSA) is 20.2 Å². The number of aliphatic hydroxyl groups is 1. The second-order valence-corrected chi connectivity index (χ2v) is 3.28. The first-order valence-electron chi connectivity index (χ1n) is 5.43. The van der Waals surface area contributed by atoms with Gasteiger partial charge < -0.3 is 5.11 Å². The summed E-state index contributed by atoms with van der Waals surface area (Å²) < 4.78 is 0. The molecule has 0 unspecified atom stereocenters. The molecule has 0 aliphatic carbocycles. The fourth-order valence-corrected chi connectivity index (χ4v) is 1.16. The summed E-state index contributed by atoms with van der Waals surface area (Å²) in [5.41, 5.74) is 0. The highest BCUT2D eigenvalue weighted by molar-refractivity contribution is 4.85. The summed E-state index contributed by atoms with van der Waals surface area (Å²) in [5.74, 6) is 0. The molecule has 0 amide bonds. The van der Waals surface area contributed by atoms with Crippen molar-refractivity contribution in [2.45, 2.75) is 38.5 Å². The van der Waals surface area contributed by atoms with E-state index in [2.05, 4.69) is 18.7 Å². The lowest BCUT2D eigenvalue weighted by Gasteiger charge is -1.91. The van der Waals surface area contributed by atoms with E-state index in [0.717, 1.165) is 19.3 Å². The number of rotatable bonds is 9. The van der Waals surface area contributed by atoms with E-state index < -0.39 is 0 Å². The van der Waals surface area contributed by atoms with Crippen LogP contribution in [0.4, 0.5) is 0 Å². The Hall–Kier alpha value is -0.820. The van der Waals surface area contributed by atoms with Crippen LogP contribution in [0.25, 0.3) is 0 Å². The molecular formula is C13H22O. The molecule has 0 rings (SSSR count). The minimum Gasteiger partial charge on any atom is -0.392 e. The average molecular weight is 194 g/mol. The van der Waals surface area contributed by atoms with Crippen molar-refractivity contribution in [2.75, 3.05) is 6.61 Å².